The van der Waals surface area contributed by atoms with Crippen LogP contribution in [0, 0.1) is 6.92 Å². The largest absolute Gasteiger partial charge is 0.354 e. The molecule has 2 aliphatic rings. The predicted molar refractivity (Wildman–Crippen MR) is 80.6 cm³/mol. The van der Waals surface area contributed by atoms with Crippen LogP contribution in [0.3, 0.4) is 0 Å². The molecule has 20 heavy (non-hydrogen) atoms. The van der Waals surface area contributed by atoms with E-state index >= 15 is 0 Å². The maximum absolute atomic E-state index is 5.42. The molecule has 1 saturated carbocycles. The van der Waals surface area contributed by atoms with Crippen molar-refractivity contribution in [1.82, 2.24) is 14.9 Å². The van der Waals surface area contributed by atoms with Crippen LogP contribution in [0.4, 0.5) is 11.8 Å². The van der Waals surface area contributed by atoms with Crippen molar-refractivity contribution in [3.05, 3.63) is 11.8 Å². The van der Waals surface area contributed by atoms with Gasteiger partial charge in [0, 0.05) is 44.0 Å². The summed E-state index contributed by atoms with van der Waals surface area (Å²) in [5.74, 6) is 6.90. The SMILES string of the molecule is Cc1cc(N2CCN(C3CCCC3)CC2)nc(NN)n1. The average Bonchev–Trinajstić information content (AvgIpc) is 3.01. The standard InChI is InChI=1S/C14H24N6/c1-11-10-13(17-14(16-11)18-15)20-8-6-19(7-9-20)12-4-2-3-5-12/h10,12H,2-9,15H2,1H3,(H,16,17,18). The maximum atomic E-state index is 5.42. The summed E-state index contributed by atoms with van der Waals surface area (Å²) in [5.41, 5.74) is 3.49. The van der Waals surface area contributed by atoms with Crippen molar-refractivity contribution < 1.29 is 0 Å². The quantitative estimate of drug-likeness (QED) is 0.637. The van der Waals surface area contributed by atoms with E-state index in [1.54, 1.807) is 0 Å². The number of hydrogen-bond acceptors (Lipinski definition) is 6. The topological polar surface area (TPSA) is 70.3 Å². The number of aromatic nitrogens is 2. The van der Waals surface area contributed by atoms with E-state index in [0.29, 0.717) is 5.95 Å². The third-order valence-corrected chi connectivity index (χ3v) is 4.45. The Morgan fingerprint density at radius 1 is 1.15 bits per heavy atom. The lowest BCUT2D eigenvalue weighted by Gasteiger charge is -2.38. The first-order valence-electron chi connectivity index (χ1n) is 7.57. The molecule has 0 spiro atoms. The highest BCUT2D eigenvalue weighted by atomic mass is 15.3. The first kappa shape index (κ1) is 13.6. The lowest BCUT2D eigenvalue weighted by molar-refractivity contribution is 0.187. The number of nitrogens with two attached hydrogens (primary N) is 1. The Hall–Kier alpha value is -1.40. The van der Waals surface area contributed by atoms with E-state index in [1.165, 1.54) is 25.7 Å². The van der Waals surface area contributed by atoms with Crippen molar-refractivity contribution in [2.45, 2.75) is 38.6 Å². The van der Waals surface area contributed by atoms with Gasteiger partial charge < -0.3 is 4.90 Å². The lowest BCUT2D eigenvalue weighted by atomic mass is 10.2. The van der Waals surface area contributed by atoms with Crippen molar-refractivity contribution in [3.8, 4) is 0 Å². The zero-order valence-electron chi connectivity index (χ0n) is 12.2. The molecule has 1 aromatic heterocycles. The molecule has 2 heterocycles. The van der Waals surface area contributed by atoms with Crippen LogP contribution in [0.25, 0.3) is 0 Å². The Morgan fingerprint density at radius 3 is 2.50 bits per heavy atom. The van der Waals surface area contributed by atoms with Crippen LogP contribution in [0.2, 0.25) is 0 Å². The van der Waals surface area contributed by atoms with Gasteiger partial charge in [-0.15, -0.1) is 0 Å². The first-order chi connectivity index (χ1) is 9.76. The molecule has 0 bridgehead atoms. The summed E-state index contributed by atoms with van der Waals surface area (Å²) >= 11 is 0. The van der Waals surface area contributed by atoms with Crippen LogP contribution in [0.5, 0.6) is 0 Å². The Balaban J connectivity index is 1.64. The normalized spacial score (nSPS) is 21.4. The van der Waals surface area contributed by atoms with E-state index in [-0.39, 0.29) is 0 Å². The molecule has 110 valence electrons. The summed E-state index contributed by atoms with van der Waals surface area (Å²) < 4.78 is 0. The van der Waals surface area contributed by atoms with E-state index in [2.05, 4.69) is 25.2 Å². The van der Waals surface area contributed by atoms with Crippen molar-refractivity contribution in [1.29, 1.82) is 0 Å². The van der Waals surface area contributed by atoms with Crippen LogP contribution < -0.4 is 16.2 Å². The zero-order chi connectivity index (χ0) is 13.9. The third kappa shape index (κ3) is 2.86. The molecule has 1 aliphatic heterocycles. The van der Waals surface area contributed by atoms with E-state index < -0.39 is 0 Å². The highest BCUT2D eigenvalue weighted by Gasteiger charge is 2.26. The molecule has 2 fully saturated rings. The summed E-state index contributed by atoms with van der Waals surface area (Å²) in [5, 5.41) is 0. The van der Waals surface area contributed by atoms with Gasteiger partial charge in [-0.25, -0.2) is 10.8 Å². The second-order valence-electron chi connectivity index (χ2n) is 5.80. The van der Waals surface area contributed by atoms with Gasteiger partial charge in [-0.3, -0.25) is 10.3 Å². The van der Waals surface area contributed by atoms with Gasteiger partial charge in [0.1, 0.15) is 5.82 Å². The molecule has 6 heteroatoms. The second kappa shape index (κ2) is 5.93. The number of rotatable bonds is 3. The molecule has 1 saturated heterocycles. The fourth-order valence-corrected chi connectivity index (χ4v) is 3.36. The van der Waals surface area contributed by atoms with E-state index in [0.717, 1.165) is 43.7 Å². The monoisotopic (exact) mass is 276 g/mol. The molecule has 6 nitrogen and oxygen atoms in total. The van der Waals surface area contributed by atoms with Crippen LogP contribution in [0.15, 0.2) is 6.07 Å². The van der Waals surface area contributed by atoms with Gasteiger partial charge >= 0.3 is 0 Å². The molecular weight excluding hydrogens is 252 g/mol. The fourth-order valence-electron chi connectivity index (χ4n) is 3.36. The summed E-state index contributed by atoms with van der Waals surface area (Å²) in [4.78, 5) is 13.7. The molecule has 0 radical (unpaired) electrons. The number of aryl methyl sites for hydroxylation is 1. The molecule has 0 aromatic carbocycles. The van der Waals surface area contributed by atoms with Gasteiger partial charge in [0.2, 0.25) is 5.95 Å². The van der Waals surface area contributed by atoms with Gasteiger partial charge in [0.15, 0.2) is 0 Å². The van der Waals surface area contributed by atoms with Crippen LogP contribution >= 0.6 is 0 Å². The van der Waals surface area contributed by atoms with E-state index in [1.807, 2.05) is 13.0 Å². The Kier molecular flexibility index (Phi) is 4.03. The number of anilines is 2. The molecule has 0 amide bonds. The number of hydrogen-bond donors (Lipinski definition) is 2. The van der Waals surface area contributed by atoms with Crippen molar-refractivity contribution in [2.75, 3.05) is 36.5 Å². The fraction of sp³-hybridized carbons (Fsp3) is 0.714. The van der Waals surface area contributed by atoms with Gasteiger partial charge in [-0.05, 0) is 19.8 Å². The van der Waals surface area contributed by atoms with Crippen molar-refractivity contribution in [2.24, 2.45) is 5.84 Å². The van der Waals surface area contributed by atoms with Crippen LogP contribution in [-0.2, 0) is 0 Å². The third-order valence-electron chi connectivity index (χ3n) is 4.45. The minimum absolute atomic E-state index is 0.498. The van der Waals surface area contributed by atoms with Crippen molar-refractivity contribution in [3.63, 3.8) is 0 Å². The van der Waals surface area contributed by atoms with E-state index in [4.69, 9.17) is 5.84 Å². The number of nitrogens with one attached hydrogen (secondary N) is 1. The summed E-state index contributed by atoms with van der Waals surface area (Å²) in [7, 11) is 0. The Bertz CT molecular complexity index is 449. The molecule has 1 aromatic rings. The molecule has 1 aliphatic carbocycles. The zero-order valence-corrected chi connectivity index (χ0v) is 12.2. The average molecular weight is 276 g/mol. The van der Waals surface area contributed by atoms with Gasteiger partial charge in [-0.1, -0.05) is 12.8 Å². The smallest absolute Gasteiger partial charge is 0.239 e. The number of hydrazine groups is 1. The lowest BCUT2D eigenvalue weighted by Crippen LogP contribution is -2.50. The number of nitrogens with zero attached hydrogens (tertiary/aromatic N) is 4. The van der Waals surface area contributed by atoms with Gasteiger partial charge in [-0.2, -0.15) is 4.98 Å². The molecule has 3 N–H and O–H groups in total. The Labute approximate surface area is 120 Å². The molecule has 0 atom stereocenters. The van der Waals surface area contributed by atoms with Crippen LogP contribution in [-0.4, -0.2) is 47.1 Å². The highest BCUT2D eigenvalue weighted by molar-refractivity contribution is 5.44. The van der Waals surface area contributed by atoms with Crippen LogP contribution in [0.1, 0.15) is 31.4 Å². The van der Waals surface area contributed by atoms with Crippen molar-refractivity contribution >= 4 is 11.8 Å². The van der Waals surface area contributed by atoms with E-state index in [9.17, 15) is 0 Å². The summed E-state index contributed by atoms with van der Waals surface area (Å²) in [6, 6.07) is 2.86. The summed E-state index contributed by atoms with van der Waals surface area (Å²) in [6.45, 7) is 6.33. The first-order valence-corrected chi connectivity index (χ1v) is 7.57. The van der Waals surface area contributed by atoms with Gasteiger partial charge in [0.05, 0.1) is 0 Å². The molecule has 0 unspecified atom stereocenters. The predicted octanol–water partition coefficient (Wildman–Crippen LogP) is 1.14. The highest BCUT2D eigenvalue weighted by Crippen LogP contribution is 2.25. The maximum Gasteiger partial charge on any atom is 0.239 e. The Morgan fingerprint density at radius 2 is 1.85 bits per heavy atom. The molecule has 3 rings (SSSR count). The minimum Gasteiger partial charge on any atom is -0.354 e. The molecular formula is C14H24N6. The van der Waals surface area contributed by atoms with Gasteiger partial charge in [0.25, 0.3) is 0 Å². The number of piperazine rings is 1. The minimum atomic E-state index is 0.498. The summed E-state index contributed by atoms with van der Waals surface area (Å²) in [6.07, 6.45) is 5.57. The second-order valence-corrected chi connectivity index (χ2v) is 5.80. The number of nitrogen functional groups attached to an aromatic ring is 1.